The Kier molecular flexibility index (Phi) is 5.45. The number of carboxylic acid groups (broad SMARTS) is 1. The van der Waals surface area contributed by atoms with E-state index in [1.807, 2.05) is 0 Å². The number of halogens is 2. The predicted molar refractivity (Wildman–Crippen MR) is 78.7 cm³/mol. The first-order chi connectivity index (χ1) is 9.99. The summed E-state index contributed by atoms with van der Waals surface area (Å²) in [6, 6.07) is 4.19. The molecule has 114 valence electrons. The fraction of sp³-hybridized carbons (Fsp3) is 0.429. The molecule has 0 aromatic heterocycles. The van der Waals surface area contributed by atoms with Crippen LogP contribution in [0.25, 0.3) is 0 Å². The van der Waals surface area contributed by atoms with Crippen molar-refractivity contribution in [3.8, 4) is 0 Å². The Labute approximate surface area is 132 Å². The Morgan fingerprint density at radius 2 is 2.14 bits per heavy atom. The van der Waals surface area contributed by atoms with Gasteiger partial charge in [0, 0.05) is 23.0 Å². The topological polar surface area (TPSA) is 66.8 Å². The fourth-order valence-electron chi connectivity index (χ4n) is 2.22. The lowest BCUT2D eigenvalue weighted by molar-refractivity contribution is -0.158. The number of benzene rings is 1. The first-order valence-corrected chi connectivity index (χ1v) is 7.28. The zero-order valence-corrected chi connectivity index (χ0v) is 12.7. The number of carbonyl (C=O) groups is 2. The van der Waals surface area contributed by atoms with Gasteiger partial charge in [0.1, 0.15) is 0 Å². The molecule has 21 heavy (non-hydrogen) atoms. The molecule has 1 fully saturated rings. The minimum absolute atomic E-state index is 0.0305. The summed E-state index contributed by atoms with van der Waals surface area (Å²) in [7, 11) is 0. The lowest BCUT2D eigenvalue weighted by Crippen LogP contribution is -2.52. The third kappa shape index (κ3) is 4.09. The molecule has 1 amide bonds. The summed E-state index contributed by atoms with van der Waals surface area (Å²) in [5.41, 5.74) is 0.814. The predicted octanol–water partition coefficient (Wildman–Crippen LogP) is 2.24. The molecule has 5 nitrogen and oxygen atoms in total. The van der Waals surface area contributed by atoms with Crippen molar-refractivity contribution in [1.82, 2.24) is 4.90 Å². The lowest BCUT2D eigenvalue weighted by atomic mass is 10.1. The number of morpholine rings is 1. The first-order valence-electron chi connectivity index (χ1n) is 6.53. The van der Waals surface area contributed by atoms with E-state index in [1.54, 1.807) is 18.2 Å². The molecular formula is C14H15Cl2NO4. The smallest absolute Gasteiger partial charge is 0.328 e. The maximum Gasteiger partial charge on any atom is 0.328 e. The normalized spacial score (nSPS) is 18.6. The summed E-state index contributed by atoms with van der Waals surface area (Å²) in [6.07, 6.45) is 0.643. The SMILES string of the molecule is O=C(O)C1COCCN1C(=O)CCc1ccc(Cl)cc1Cl. The molecule has 0 aliphatic carbocycles. The zero-order valence-electron chi connectivity index (χ0n) is 11.2. The molecule has 0 radical (unpaired) electrons. The van der Waals surface area contributed by atoms with E-state index in [9.17, 15) is 9.59 Å². The average Bonchev–Trinajstić information content (AvgIpc) is 2.46. The van der Waals surface area contributed by atoms with Crippen LogP contribution in [-0.4, -0.2) is 47.7 Å². The number of ether oxygens (including phenoxy) is 1. The van der Waals surface area contributed by atoms with Crippen LogP contribution in [0.3, 0.4) is 0 Å². The molecule has 7 heteroatoms. The van der Waals surface area contributed by atoms with Crippen LogP contribution in [0.1, 0.15) is 12.0 Å². The van der Waals surface area contributed by atoms with E-state index in [-0.39, 0.29) is 18.9 Å². The zero-order chi connectivity index (χ0) is 15.4. The van der Waals surface area contributed by atoms with Gasteiger partial charge < -0.3 is 14.7 Å². The largest absolute Gasteiger partial charge is 0.480 e. The highest BCUT2D eigenvalue weighted by molar-refractivity contribution is 6.35. The van der Waals surface area contributed by atoms with Crippen molar-refractivity contribution in [2.75, 3.05) is 19.8 Å². The molecule has 0 saturated carbocycles. The quantitative estimate of drug-likeness (QED) is 0.918. The summed E-state index contributed by atoms with van der Waals surface area (Å²) < 4.78 is 5.11. The van der Waals surface area contributed by atoms with Gasteiger partial charge in [-0.05, 0) is 24.1 Å². The molecule has 1 atom stereocenters. The van der Waals surface area contributed by atoms with Crippen LogP contribution in [0.4, 0.5) is 0 Å². The van der Waals surface area contributed by atoms with Crippen molar-refractivity contribution in [2.24, 2.45) is 0 Å². The Balaban J connectivity index is 1.98. The maximum absolute atomic E-state index is 12.2. The second kappa shape index (κ2) is 7.11. The van der Waals surface area contributed by atoms with E-state index in [0.29, 0.717) is 29.6 Å². The Morgan fingerprint density at radius 1 is 1.38 bits per heavy atom. The Bertz CT molecular complexity index is 550. The Hall–Kier alpha value is -1.30. The molecule has 2 rings (SSSR count). The average molecular weight is 332 g/mol. The first kappa shape index (κ1) is 16.1. The third-order valence-electron chi connectivity index (χ3n) is 3.36. The summed E-state index contributed by atoms with van der Waals surface area (Å²) in [6.45, 7) is 0.685. The van der Waals surface area contributed by atoms with E-state index >= 15 is 0 Å². The van der Waals surface area contributed by atoms with Gasteiger partial charge in [-0.15, -0.1) is 0 Å². The molecule has 1 aromatic carbocycles. The monoisotopic (exact) mass is 331 g/mol. The number of carbonyl (C=O) groups excluding carboxylic acids is 1. The van der Waals surface area contributed by atoms with Crippen LogP contribution in [-0.2, 0) is 20.7 Å². The minimum Gasteiger partial charge on any atom is -0.480 e. The summed E-state index contributed by atoms with van der Waals surface area (Å²) in [5, 5.41) is 10.2. The molecule has 1 heterocycles. The van der Waals surface area contributed by atoms with E-state index in [1.165, 1.54) is 4.90 Å². The van der Waals surface area contributed by atoms with Crippen LogP contribution in [0.5, 0.6) is 0 Å². The highest BCUT2D eigenvalue weighted by atomic mass is 35.5. The highest BCUT2D eigenvalue weighted by Crippen LogP contribution is 2.22. The van der Waals surface area contributed by atoms with E-state index in [4.69, 9.17) is 33.0 Å². The Morgan fingerprint density at radius 3 is 2.81 bits per heavy atom. The number of nitrogens with zero attached hydrogens (tertiary/aromatic N) is 1. The maximum atomic E-state index is 12.2. The van der Waals surface area contributed by atoms with E-state index in [0.717, 1.165) is 5.56 Å². The van der Waals surface area contributed by atoms with Crippen molar-refractivity contribution in [2.45, 2.75) is 18.9 Å². The van der Waals surface area contributed by atoms with E-state index < -0.39 is 12.0 Å². The van der Waals surface area contributed by atoms with Gasteiger partial charge in [-0.25, -0.2) is 4.79 Å². The van der Waals surface area contributed by atoms with Crippen molar-refractivity contribution in [3.63, 3.8) is 0 Å². The van der Waals surface area contributed by atoms with Gasteiger partial charge in [-0.3, -0.25) is 4.79 Å². The minimum atomic E-state index is -1.05. The van der Waals surface area contributed by atoms with Crippen molar-refractivity contribution < 1.29 is 19.4 Å². The van der Waals surface area contributed by atoms with Crippen LogP contribution in [0, 0.1) is 0 Å². The van der Waals surface area contributed by atoms with Crippen LogP contribution in [0.2, 0.25) is 10.0 Å². The van der Waals surface area contributed by atoms with Gasteiger partial charge in [0.25, 0.3) is 0 Å². The van der Waals surface area contributed by atoms with Crippen molar-refractivity contribution in [1.29, 1.82) is 0 Å². The molecule has 1 N–H and O–H groups in total. The van der Waals surface area contributed by atoms with Gasteiger partial charge in [0.05, 0.1) is 13.2 Å². The van der Waals surface area contributed by atoms with Gasteiger partial charge >= 0.3 is 5.97 Å². The molecule has 1 saturated heterocycles. The number of hydrogen-bond acceptors (Lipinski definition) is 3. The fourth-order valence-corrected chi connectivity index (χ4v) is 2.72. The molecule has 0 bridgehead atoms. The number of rotatable bonds is 4. The van der Waals surface area contributed by atoms with E-state index in [2.05, 4.69) is 0 Å². The number of hydrogen-bond donors (Lipinski definition) is 1. The molecule has 1 aromatic rings. The summed E-state index contributed by atoms with van der Waals surface area (Å²) in [5.74, 6) is -1.26. The summed E-state index contributed by atoms with van der Waals surface area (Å²) >= 11 is 11.9. The lowest BCUT2D eigenvalue weighted by Gasteiger charge is -2.33. The third-order valence-corrected chi connectivity index (χ3v) is 3.94. The van der Waals surface area contributed by atoms with Crippen molar-refractivity contribution in [3.05, 3.63) is 33.8 Å². The number of aliphatic carboxylic acids is 1. The van der Waals surface area contributed by atoms with Gasteiger partial charge in [-0.2, -0.15) is 0 Å². The number of aryl methyl sites for hydroxylation is 1. The number of carboxylic acids is 1. The summed E-state index contributed by atoms with van der Waals surface area (Å²) in [4.78, 5) is 24.7. The van der Waals surface area contributed by atoms with Crippen molar-refractivity contribution >= 4 is 35.1 Å². The van der Waals surface area contributed by atoms with Gasteiger partial charge in [-0.1, -0.05) is 29.3 Å². The second-order valence-electron chi connectivity index (χ2n) is 4.75. The van der Waals surface area contributed by atoms with Crippen LogP contribution < -0.4 is 0 Å². The van der Waals surface area contributed by atoms with Crippen LogP contribution in [0.15, 0.2) is 18.2 Å². The molecule has 0 spiro atoms. The molecular weight excluding hydrogens is 317 g/mol. The van der Waals surface area contributed by atoms with Gasteiger partial charge in [0.2, 0.25) is 5.91 Å². The second-order valence-corrected chi connectivity index (χ2v) is 5.60. The molecule has 1 unspecified atom stereocenters. The van der Waals surface area contributed by atoms with Crippen LogP contribution >= 0.6 is 23.2 Å². The molecule has 1 aliphatic rings. The standard InChI is InChI=1S/C14H15Cl2NO4/c15-10-3-1-9(11(16)7-10)2-4-13(18)17-5-6-21-8-12(17)14(19)20/h1,3,7,12H,2,4-6,8H2,(H,19,20). The van der Waals surface area contributed by atoms with Gasteiger partial charge in [0.15, 0.2) is 6.04 Å². The molecule has 1 aliphatic heterocycles. The number of amides is 1. The highest BCUT2D eigenvalue weighted by Gasteiger charge is 2.32.